The van der Waals surface area contributed by atoms with E-state index in [4.69, 9.17) is 10.5 Å². The Hall–Kier alpha value is -1.06. The molecule has 3 nitrogen and oxygen atoms in total. The Morgan fingerprint density at radius 2 is 1.89 bits per heavy atom. The molecule has 0 fully saturated rings. The molecule has 0 bridgehead atoms. The molecule has 1 rings (SSSR count). The Morgan fingerprint density at radius 3 is 2.44 bits per heavy atom. The van der Waals surface area contributed by atoms with Gasteiger partial charge in [0.05, 0.1) is 7.11 Å². The first-order valence-electron chi connectivity index (χ1n) is 6.49. The summed E-state index contributed by atoms with van der Waals surface area (Å²) >= 11 is 0. The van der Waals surface area contributed by atoms with Gasteiger partial charge in [0.15, 0.2) is 0 Å². The molecule has 0 aromatic heterocycles. The van der Waals surface area contributed by atoms with E-state index in [9.17, 15) is 0 Å². The summed E-state index contributed by atoms with van der Waals surface area (Å²) in [7, 11) is 1.71. The van der Waals surface area contributed by atoms with E-state index >= 15 is 0 Å². The number of hydrogen-bond acceptors (Lipinski definition) is 3. The first-order chi connectivity index (χ1) is 8.41. The van der Waals surface area contributed by atoms with Crippen LogP contribution >= 0.6 is 0 Å². The molecule has 0 saturated heterocycles. The van der Waals surface area contributed by atoms with Gasteiger partial charge < -0.3 is 15.8 Å². The molecule has 0 unspecified atom stereocenters. The molecule has 0 saturated carbocycles. The Morgan fingerprint density at radius 1 is 1.22 bits per heavy atom. The summed E-state index contributed by atoms with van der Waals surface area (Å²) in [5, 5.41) is 3.56. The van der Waals surface area contributed by atoms with Gasteiger partial charge in [-0.3, -0.25) is 0 Å². The largest absolute Gasteiger partial charge is 0.496 e. The van der Waals surface area contributed by atoms with Gasteiger partial charge in [0, 0.05) is 12.1 Å². The average molecular weight is 250 g/mol. The van der Waals surface area contributed by atoms with Crippen LogP contribution in [0.4, 0.5) is 0 Å². The minimum atomic E-state index is 0.0784. The van der Waals surface area contributed by atoms with Gasteiger partial charge in [-0.25, -0.2) is 0 Å². The van der Waals surface area contributed by atoms with Gasteiger partial charge in [0.1, 0.15) is 5.75 Å². The molecule has 0 heterocycles. The van der Waals surface area contributed by atoms with Crippen LogP contribution in [0.1, 0.15) is 37.0 Å². The van der Waals surface area contributed by atoms with E-state index in [1.807, 2.05) is 6.07 Å². The number of ether oxygens (including phenoxy) is 1. The molecular formula is C15H26N2O. The second-order valence-corrected chi connectivity index (χ2v) is 5.45. The smallest absolute Gasteiger partial charge is 0.122 e. The van der Waals surface area contributed by atoms with Crippen molar-refractivity contribution in [3.63, 3.8) is 0 Å². The first kappa shape index (κ1) is 15.0. The maximum atomic E-state index is 5.62. The summed E-state index contributed by atoms with van der Waals surface area (Å²) in [6.45, 7) is 10.2. The van der Waals surface area contributed by atoms with E-state index in [1.54, 1.807) is 7.11 Å². The number of hydrogen-bond donors (Lipinski definition) is 2. The number of nitrogens with two attached hydrogens (primary N) is 1. The van der Waals surface area contributed by atoms with Crippen LogP contribution < -0.4 is 15.8 Å². The van der Waals surface area contributed by atoms with E-state index < -0.39 is 0 Å². The fourth-order valence-electron chi connectivity index (χ4n) is 2.05. The SMILES string of the molecule is COc1ccc(CNC(C)(C)CCN)c(C)c1C. The lowest BCUT2D eigenvalue weighted by molar-refractivity contribution is 0.364. The molecule has 0 radical (unpaired) electrons. The summed E-state index contributed by atoms with van der Waals surface area (Å²) < 4.78 is 5.33. The van der Waals surface area contributed by atoms with Crippen LogP contribution in [0.15, 0.2) is 12.1 Å². The standard InChI is InChI=1S/C15H26N2O/c1-11-12(2)14(18-5)7-6-13(11)10-17-15(3,4)8-9-16/h6-7,17H,8-10,16H2,1-5H3. The van der Waals surface area contributed by atoms with Gasteiger partial charge in [0.25, 0.3) is 0 Å². The molecule has 102 valence electrons. The third kappa shape index (κ3) is 3.72. The molecule has 0 aliphatic heterocycles. The molecule has 18 heavy (non-hydrogen) atoms. The van der Waals surface area contributed by atoms with Crippen LogP contribution in [0.5, 0.6) is 5.75 Å². The molecule has 0 spiro atoms. The van der Waals surface area contributed by atoms with Crippen molar-refractivity contribution in [3.05, 3.63) is 28.8 Å². The van der Waals surface area contributed by atoms with Crippen LogP contribution in [0.3, 0.4) is 0 Å². The predicted octanol–water partition coefficient (Wildman–Crippen LogP) is 2.53. The fourth-order valence-corrected chi connectivity index (χ4v) is 2.05. The van der Waals surface area contributed by atoms with E-state index in [1.165, 1.54) is 16.7 Å². The lowest BCUT2D eigenvalue weighted by atomic mass is 9.98. The van der Waals surface area contributed by atoms with Crippen molar-refractivity contribution in [2.45, 2.75) is 46.2 Å². The van der Waals surface area contributed by atoms with Crippen molar-refractivity contribution in [2.75, 3.05) is 13.7 Å². The minimum Gasteiger partial charge on any atom is -0.496 e. The Kier molecular flexibility index (Phi) is 5.17. The van der Waals surface area contributed by atoms with Crippen LogP contribution in [0.25, 0.3) is 0 Å². The third-order valence-electron chi connectivity index (χ3n) is 3.60. The number of rotatable bonds is 6. The zero-order valence-corrected chi connectivity index (χ0v) is 12.3. The van der Waals surface area contributed by atoms with Gasteiger partial charge >= 0.3 is 0 Å². The van der Waals surface area contributed by atoms with E-state index in [-0.39, 0.29) is 5.54 Å². The van der Waals surface area contributed by atoms with Crippen molar-refractivity contribution in [1.29, 1.82) is 0 Å². The normalized spacial score (nSPS) is 11.7. The molecular weight excluding hydrogens is 224 g/mol. The topological polar surface area (TPSA) is 47.3 Å². The van der Waals surface area contributed by atoms with Gasteiger partial charge in [-0.2, -0.15) is 0 Å². The van der Waals surface area contributed by atoms with E-state index in [2.05, 4.69) is 39.1 Å². The summed E-state index contributed by atoms with van der Waals surface area (Å²) in [5.41, 5.74) is 9.53. The van der Waals surface area contributed by atoms with Crippen LogP contribution in [-0.2, 0) is 6.54 Å². The quantitative estimate of drug-likeness (QED) is 0.815. The zero-order valence-electron chi connectivity index (χ0n) is 12.3. The second kappa shape index (κ2) is 6.21. The molecule has 1 aromatic rings. The zero-order chi connectivity index (χ0) is 13.8. The molecule has 0 aliphatic carbocycles. The number of nitrogens with one attached hydrogen (secondary N) is 1. The van der Waals surface area contributed by atoms with Crippen LogP contribution in [0, 0.1) is 13.8 Å². The monoisotopic (exact) mass is 250 g/mol. The minimum absolute atomic E-state index is 0.0784. The van der Waals surface area contributed by atoms with E-state index in [0.717, 1.165) is 18.7 Å². The highest BCUT2D eigenvalue weighted by atomic mass is 16.5. The number of methoxy groups -OCH3 is 1. The summed E-state index contributed by atoms with van der Waals surface area (Å²) in [4.78, 5) is 0. The highest BCUT2D eigenvalue weighted by Crippen LogP contribution is 2.24. The van der Waals surface area contributed by atoms with Crippen molar-refractivity contribution in [3.8, 4) is 5.75 Å². The molecule has 0 atom stereocenters. The van der Waals surface area contributed by atoms with Crippen molar-refractivity contribution < 1.29 is 4.74 Å². The highest BCUT2D eigenvalue weighted by Gasteiger charge is 2.16. The van der Waals surface area contributed by atoms with Gasteiger partial charge in [-0.15, -0.1) is 0 Å². The third-order valence-corrected chi connectivity index (χ3v) is 3.60. The van der Waals surface area contributed by atoms with Crippen molar-refractivity contribution in [2.24, 2.45) is 5.73 Å². The first-order valence-corrected chi connectivity index (χ1v) is 6.49. The Labute approximate surface area is 111 Å². The Bertz CT molecular complexity index is 400. The summed E-state index contributed by atoms with van der Waals surface area (Å²) in [6, 6.07) is 4.17. The van der Waals surface area contributed by atoms with Crippen LogP contribution in [0.2, 0.25) is 0 Å². The summed E-state index contributed by atoms with van der Waals surface area (Å²) in [6.07, 6.45) is 0.973. The number of benzene rings is 1. The predicted molar refractivity (Wildman–Crippen MR) is 77.1 cm³/mol. The Balaban J connectivity index is 2.77. The fraction of sp³-hybridized carbons (Fsp3) is 0.600. The molecule has 1 aromatic carbocycles. The van der Waals surface area contributed by atoms with Gasteiger partial charge in [0.2, 0.25) is 0 Å². The van der Waals surface area contributed by atoms with Crippen LogP contribution in [-0.4, -0.2) is 19.2 Å². The average Bonchev–Trinajstić information content (AvgIpc) is 2.31. The van der Waals surface area contributed by atoms with Gasteiger partial charge in [-0.05, 0) is 63.4 Å². The highest BCUT2D eigenvalue weighted by molar-refractivity contribution is 5.43. The lowest BCUT2D eigenvalue weighted by Crippen LogP contribution is -2.40. The summed E-state index contributed by atoms with van der Waals surface area (Å²) in [5.74, 6) is 0.956. The maximum Gasteiger partial charge on any atom is 0.122 e. The molecule has 3 heteroatoms. The molecule has 0 aliphatic rings. The lowest BCUT2D eigenvalue weighted by Gasteiger charge is -2.26. The van der Waals surface area contributed by atoms with E-state index in [0.29, 0.717) is 6.54 Å². The van der Waals surface area contributed by atoms with Gasteiger partial charge in [-0.1, -0.05) is 6.07 Å². The molecule has 0 amide bonds. The second-order valence-electron chi connectivity index (χ2n) is 5.45. The van der Waals surface area contributed by atoms with Crippen molar-refractivity contribution >= 4 is 0 Å². The van der Waals surface area contributed by atoms with Crippen molar-refractivity contribution in [1.82, 2.24) is 5.32 Å². The maximum absolute atomic E-state index is 5.62. The molecule has 3 N–H and O–H groups in total.